The average molecular weight is 672 g/mol. The van der Waals surface area contributed by atoms with Gasteiger partial charge in [-0.1, -0.05) is 123 Å². The summed E-state index contributed by atoms with van der Waals surface area (Å²) in [7, 11) is -4.11. The number of amides is 1. The van der Waals surface area contributed by atoms with Crippen molar-refractivity contribution < 1.29 is 22.6 Å². The third-order valence-corrected chi connectivity index (χ3v) is 10.1. The van der Waals surface area contributed by atoms with Crippen LogP contribution >= 0.6 is 0 Å². The minimum absolute atomic E-state index is 0.0165. The average Bonchev–Trinajstić information content (AvgIpc) is 3.52. The Hall–Kier alpha value is -4.85. The summed E-state index contributed by atoms with van der Waals surface area (Å²) in [5.74, 6) is -1.27. The van der Waals surface area contributed by atoms with Crippen LogP contribution in [-0.4, -0.2) is 30.4 Å². The van der Waals surface area contributed by atoms with Gasteiger partial charge in [0.1, 0.15) is 0 Å². The Morgan fingerprint density at radius 2 is 1.57 bits per heavy atom. The second kappa shape index (κ2) is 14.3. The maximum Gasteiger partial charge on any atom is 0.264 e. The van der Waals surface area contributed by atoms with Crippen LogP contribution in [0.25, 0.3) is 17.2 Å². The highest BCUT2D eigenvalue weighted by Gasteiger charge is 2.23. The van der Waals surface area contributed by atoms with Crippen molar-refractivity contribution in [3.05, 3.63) is 154 Å². The van der Waals surface area contributed by atoms with E-state index in [0.29, 0.717) is 12.0 Å². The zero-order valence-corrected chi connectivity index (χ0v) is 28.7. The van der Waals surface area contributed by atoms with E-state index in [1.165, 1.54) is 22.3 Å². The number of ketones is 1. The highest BCUT2D eigenvalue weighted by molar-refractivity contribution is 7.85. The van der Waals surface area contributed by atoms with Crippen molar-refractivity contribution in [2.24, 2.45) is 5.41 Å². The number of carbonyl (C=O) groups is 2. The summed E-state index contributed by atoms with van der Waals surface area (Å²) < 4.78 is 31.0. The third kappa shape index (κ3) is 8.79. The number of Topliss-reactive ketones (excluding diaryl/α,β-unsaturated/α-hetero) is 1. The fraction of sp³-hybridized carbons (Fsp3) is 0.238. The van der Waals surface area contributed by atoms with Crippen molar-refractivity contribution in [1.29, 1.82) is 0 Å². The molecule has 250 valence electrons. The molecule has 1 amide bonds. The molecule has 0 fully saturated rings. The molecule has 0 aromatic heterocycles. The van der Waals surface area contributed by atoms with Gasteiger partial charge in [-0.05, 0) is 87.8 Å². The molecule has 0 spiro atoms. The molecular formula is C42H41NO5S. The minimum atomic E-state index is -4.11. The van der Waals surface area contributed by atoms with Gasteiger partial charge in [-0.2, -0.15) is 8.42 Å². The van der Waals surface area contributed by atoms with Crippen LogP contribution in [0.3, 0.4) is 0 Å². The molecular weight excluding hydrogens is 631 g/mol. The van der Waals surface area contributed by atoms with Crippen LogP contribution in [0.15, 0.2) is 115 Å². The molecule has 0 heterocycles. The van der Waals surface area contributed by atoms with Crippen molar-refractivity contribution >= 4 is 44.7 Å². The van der Waals surface area contributed by atoms with Crippen LogP contribution in [0, 0.1) is 5.41 Å². The number of carbonyl (C=O) groups excluding carboxylic acids is 2. The molecule has 2 aliphatic rings. The summed E-state index contributed by atoms with van der Waals surface area (Å²) in [6.07, 6.45) is 11.2. The number of benzene rings is 4. The molecule has 6 nitrogen and oxygen atoms in total. The summed E-state index contributed by atoms with van der Waals surface area (Å²) in [6.45, 7) is 4.43. The quantitative estimate of drug-likeness (QED) is 0.116. The lowest BCUT2D eigenvalue weighted by Gasteiger charge is -2.23. The Morgan fingerprint density at radius 1 is 0.878 bits per heavy atom. The summed E-state index contributed by atoms with van der Waals surface area (Å²) in [5, 5.41) is 3.14. The Balaban J connectivity index is 1.19. The predicted octanol–water partition coefficient (Wildman–Crippen LogP) is 8.97. The molecule has 4 aromatic rings. The van der Waals surface area contributed by atoms with E-state index in [2.05, 4.69) is 92.0 Å². The highest BCUT2D eigenvalue weighted by Crippen LogP contribution is 2.34. The van der Waals surface area contributed by atoms with Gasteiger partial charge in [-0.3, -0.25) is 14.1 Å². The van der Waals surface area contributed by atoms with Crippen LogP contribution in [-0.2, 0) is 27.8 Å². The fourth-order valence-corrected chi connectivity index (χ4v) is 6.90. The number of hydrogen-bond donors (Lipinski definition) is 2. The first-order chi connectivity index (χ1) is 23.4. The number of allylic oxidation sites excluding steroid dienone is 5. The van der Waals surface area contributed by atoms with E-state index in [9.17, 15) is 18.0 Å². The number of hydrogen-bond acceptors (Lipinski definition) is 4. The molecule has 0 radical (unpaired) electrons. The first-order valence-electron chi connectivity index (χ1n) is 16.7. The normalized spacial score (nSPS) is 15.6. The zero-order valence-electron chi connectivity index (χ0n) is 27.9. The molecule has 1 unspecified atom stereocenters. The molecule has 1 atom stereocenters. The number of anilines is 1. The van der Waals surface area contributed by atoms with Gasteiger partial charge < -0.3 is 5.32 Å². The predicted molar refractivity (Wildman–Crippen MR) is 198 cm³/mol. The molecule has 0 aliphatic heterocycles. The molecule has 7 heteroatoms. The molecule has 4 aromatic carbocycles. The van der Waals surface area contributed by atoms with Crippen LogP contribution in [0.4, 0.5) is 5.69 Å². The topological polar surface area (TPSA) is 101 Å². The number of nitrogens with one attached hydrogen (secondary N) is 1. The van der Waals surface area contributed by atoms with Crippen LogP contribution < -0.4 is 5.32 Å². The summed E-state index contributed by atoms with van der Waals surface area (Å²) in [4.78, 5) is 26.6. The van der Waals surface area contributed by atoms with Gasteiger partial charge in [0.05, 0.1) is 11.7 Å². The first kappa shape index (κ1) is 34.0. The zero-order chi connectivity index (χ0) is 34.6. The van der Waals surface area contributed by atoms with Gasteiger partial charge in [0, 0.05) is 17.7 Å². The molecule has 2 aliphatic carbocycles. The molecule has 6 rings (SSSR count). The molecule has 0 bridgehead atoms. The third-order valence-electron chi connectivity index (χ3n) is 9.34. The van der Waals surface area contributed by atoms with E-state index in [1.807, 2.05) is 36.4 Å². The minimum Gasteiger partial charge on any atom is -0.326 e. The first-order valence-corrected chi connectivity index (χ1v) is 18.3. The maximum atomic E-state index is 14.0. The largest absolute Gasteiger partial charge is 0.326 e. The smallest absolute Gasteiger partial charge is 0.264 e. The Kier molecular flexibility index (Phi) is 9.95. The van der Waals surface area contributed by atoms with E-state index in [0.717, 1.165) is 40.8 Å². The maximum absolute atomic E-state index is 14.0. The lowest BCUT2D eigenvalue weighted by atomic mass is 9.82. The van der Waals surface area contributed by atoms with Crippen LogP contribution in [0.2, 0.25) is 0 Å². The van der Waals surface area contributed by atoms with Crippen molar-refractivity contribution in [3.8, 4) is 0 Å². The lowest BCUT2D eigenvalue weighted by Crippen LogP contribution is -2.23. The molecule has 49 heavy (non-hydrogen) atoms. The van der Waals surface area contributed by atoms with E-state index >= 15 is 0 Å². The summed E-state index contributed by atoms with van der Waals surface area (Å²) in [5.41, 5.74) is 10.3. The Bertz CT molecular complexity index is 2050. The summed E-state index contributed by atoms with van der Waals surface area (Å²) in [6, 6.07) is 31.7. The second-order valence-electron chi connectivity index (χ2n) is 13.7. The van der Waals surface area contributed by atoms with E-state index < -0.39 is 21.8 Å². The van der Waals surface area contributed by atoms with Crippen LogP contribution in [0.5, 0.6) is 0 Å². The van der Waals surface area contributed by atoms with Crippen LogP contribution in [0.1, 0.15) is 82.8 Å². The Labute approximate surface area is 289 Å². The van der Waals surface area contributed by atoms with E-state index in [4.69, 9.17) is 4.55 Å². The second-order valence-corrected chi connectivity index (χ2v) is 15.3. The van der Waals surface area contributed by atoms with Gasteiger partial charge in [-0.15, -0.1) is 0 Å². The van der Waals surface area contributed by atoms with Crippen molar-refractivity contribution in [3.63, 3.8) is 0 Å². The van der Waals surface area contributed by atoms with Gasteiger partial charge in [0.2, 0.25) is 5.91 Å². The van der Waals surface area contributed by atoms with E-state index in [-0.39, 0.29) is 29.9 Å². The van der Waals surface area contributed by atoms with Gasteiger partial charge in [-0.25, -0.2) is 0 Å². The van der Waals surface area contributed by atoms with Crippen molar-refractivity contribution in [2.45, 2.75) is 51.9 Å². The van der Waals surface area contributed by atoms with Gasteiger partial charge in [0.25, 0.3) is 10.1 Å². The monoisotopic (exact) mass is 671 g/mol. The lowest BCUT2D eigenvalue weighted by molar-refractivity contribution is -0.117. The number of fused-ring (bicyclic) bond motifs is 1. The fourth-order valence-electron chi connectivity index (χ4n) is 6.39. The molecule has 0 saturated heterocycles. The van der Waals surface area contributed by atoms with Gasteiger partial charge in [0.15, 0.2) is 5.78 Å². The standard InChI is InChI=1S/C42H41NO5S/c1-42(2)23-21-32(22-24-42)30-13-15-33(16-14-30)39(26-29-9-11-34(12-10-29)40(44)8-5-25-49(46,47)48)41(45)43-38-19-17-31(18-20-38)37-27-35-6-3-4-7-36(35)28-37/h3-4,6-7,9-23,27,39H,5,8,24-26,28H2,1-2H3,(H,43,45)(H,46,47,48). The summed E-state index contributed by atoms with van der Waals surface area (Å²) >= 11 is 0. The Morgan fingerprint density at radius 3 is 2.22 bits per heavy atom. The SMILES string of the molecule is CC1(C)C=CC(c2ccc(C(Cc3ccc(C(=O)CCCS(=O)(=O)O)cc3)C(=O)Nc3ccc(C4=Cc5ccccc5C4)cc3)cc2)=CC1. The van der Waals surface area contributed by atoms with Crippen molar-refractivity contribution in [2.75, 3.05) is 11.1 Å². The van der Waals surface area contributed by atoms with Crippen molar-refractivity contribution in [1.82, 2.24) is 0 Å². The van der Waals surface area contributed by atoms with E-state index in [1.54, 1.807) is 12.1 Å². The highest BCUT2D eigenvalue weighted by atomic mass is 32.2. The molecule has 2 N–H and O–H groups in total. The molecule has 0 saturated carbocycles. The van der Waals surface area contributed by atoms with Gasteiger partial charge >= 0.3 is 0 Å². The number of rotatable bonds is 12.